The molecule has 172 valence electrons. The van der Waals surface area contributed by atoms with E-state index in [1.165, 1.54) is 0 Å². The second-order valence-corrected chi connectivity index (χ2v) is 8.11. The maximum atomic E-state index is 12.8. The number of fused-ring (bicyclic) bond motifs is 1. The highest BCUT2D eigenvalue weighted by Crippen LogP contribution is 2.27. The smallest absolute Gasteiger partial charge is 0.261 e. The predicted octanol–water partition coefficient (Wildman–Crippen LogP) is 3.34. The first-order chi connectivity index (χ1) is 16.6. The molecule has 0 spiro atoms. The summed E-state index contributed by atoms with van der Waals surface area (Å²) in [5.41, 5.74) is 6.27. The number of aromatic nitrogens is 6. The summed E-state index contributed by atoms with van der Waals surface area (Å²) in [5.74, 6) is 0.495. The Balaban J connectivity index is 1.47. The van der Waals surface area contributed by atoms with Gasteiger partial charge in [-0.25, -0.2) is 9.97 Å². The Morgan fingerprint density at radius 3 is 2.85 bits per heavy atom. The Kier molecular flexibility index (Phi) is 5.92. The van der Waals surface area contributed by atoms with Gasteiger partial charge in [0.25, 0.3) is 5.56 Å². The summed E-state index contributed by atoms with van der Waals surface area (Å²) in [6.07, 6.45) is 8.38. The van der Waals surface area contributed by atoms with Gasteiger partial charge < -0.3 is 25.0 Å². The lowest BCUT2D eigenvalue weighted by Crippen LogP contribution is -2.13. The van der Waals surface area contributed by atoms with Gasteiger partial charge in [0.2, 0.25) is 0 Å². The van der Waals surface area contributed by atoms with Crippen LogP contribution in [0.5, 0.6) is 0 Å². The van der Waals surface area contributed by atoms with Crippen LogP contribution in [0.3, 0.4) is 0 Å². The van der Waals surface area contributed by atoms with Crippen molar-refractivity contribution in [3.05, 3.63) is 88.6 Å². The lowest BCUT2D eigenvalue weighted by Gasteiger charge is -2.10. The topological polar surface area (TPSA) is 125 Å². The van der Waals surface area contributed by atoms with Gasteiger partial charge >= 0.3 is 0 Å². The molecule has 4 N–H and O–H groups in total. The number of H-pyrrole nitrogens is 2. The normalized spacial score (nSPS) is 11.2. The molecule has 0 atom stereocenters. The summed E-state index contributed by atoms with van der Waals surface area (Å²) in [6, 6.07) is 11.7. The molecule has 0 radical (unpaired) electrons. The van der Waals surface area contributed by atoms with Crippen molar-refractivity contribution < 1.29 is 5.11 Å². The Labute approximate surface area is 195 Å². The van der Waals surface area contributed by atoms with Gasteiger partial charge in [-0.2, -0.15) is 0 Å². The fourth-order valence-corrected chi connectivity index (χ4v) is 4.02. The molecule has 4 heterocycles. The van der Waals surface area contributed by atoms with Crippen molar-refractivity contribution in [2.75, 3.05) is 11.9 Å². The second-order valence-electron chi connectivity index (χ2n) is 8.11. The van der Waals surface area contributed by atoms with E-state index >= 15 is 0 Å². The summed E-state index contributed by atoms with van der Waals surface area (Å²) in [4.78, 5) is 32.4. The average molecular weight is 456 g/mol. The van der Waals surface area contributed by atoms with E-state index in [0.29, 0.717) is 30.0 Å². The van der Waals surface area contributed by atoms with Crippen LogP contribution in [0.25, 0.3) is 28.1 Å². The molecule has 5 rings (SSSR count). The highest BCUT2D eigenvalue weighted by atomic mass is 16.2. The van der Waals surface area contributed by atoms with E-state index in [9.17, 15) is 4.79 Å². The zero-order valence-electron chi connectivity index (χ0n) is 18.7. The van der Waals surface area contributed by atoms with Crippen molar-refractivity contribution in [3.8, 4) is 17.1 Å². The molecule has 34 heavy (non-hydrogen) atoms. The second kappa shape index (κ2) is 9.32. The quantitative estimate of drug-likeness (QED) is 0.284. The molecule has 5 aromatic rings. The third-order valence-corrected chi connectivity index (χ3v) is 5.68. The van der Waals surface area contributed by atoms with E-state index < -0.39 is 0 Å². The Hall–Kier alpha value is -4.24. The molecule has 0 aliphatic heterocycles. The van der Waals surface area contributed by atoms with Gasteiger partial charge in [0.1, 0.15) is 11.4 Å². The first-order valence-electron chi connectivity index (χ1n) is 11.1. The summed E-state index contributed by atoms with van der Waals surface area (Å²) in [5, 5.41) is 12.4. The third-order valence-electron chi connectivity index (χ3n) is 5.68. The zero-order valence-corrected chi connectivity index (χ0v) is 18.7. The number of anilines is 1. The van der Waals surface area contributed by atoms with E-state index in [1.54, 1.807) is 18.7 Å². The summed E-state index contributed by atoms with van der Waals surface area (Å²) in [6.45, 7) is 2.59. The minimum atomic E-state index is -0.235. The highest BCUT2D eigenvalue weighted by molar-refractivity contribution is 5.86. The lowest BCUT2D eigenvalue weighted by atomic mass is 10.2. The Morgan fingerprint density at radius 2 is 2.03 bits per heavy atom. The van der Waals surface area contributed by atoms with Crippen molar-refractivity contribution in [1.29, 1.82) is 0 Å². The number of aryl methyl sites for hydroxylation is 2. The molecular formula is C25H25N7O2. The number of aliphatic hydroxyl groups is 1. The summed E-state index contributed by atoms with van der Waals surface area (Å²) < 4.78 is 1.93. The monoisotopic (exact) mass is 455 g/mol. The van der Waals surface area contributed by atoms with Crippen LogP contribution >= 0.6 is 0 Å². The summed E-state index contributed by atoms with van der Waals surface area (Å²) in [7, 11) is 0. The highest BCUT2D eigenvalue weighted by Gasteiger charge is 2.16. The molecule has 0 saturated heterocycles. The molecular weight excluding hydrogens is 430 g/mol. The predicted molar refractivity (Wildman–Crippen MR) is 131 cm³/mol. The fraction of sp³-hybridized carbons (Fsp3) is 0.200. The number of aromatic amines is 2. The molecule has 1 aromatic carbocycles. The van der Waals surface area contributed by atoms with E-state index in [-0.39, 0.29) is 12.2 Å². The van der Waals surface area contributed by atoms with Crippen molar-refractivity contribution >= 4 is 16.7 Å². The number of rotatable bonds is 8. The number of hydrogen-bond acceptors (Lipinski definition) is 6. The van der Waals surface area contributed by atoms with Crippen LogP contribution < -0.4 is 10.9 Å². The van der Waals surface area contributed by atoms with E-state index in [4.69, 9.17) is 10.1 Å². The number of nitrogens with zero attached hydrogens (tertiary/aromatic N) is 4. The van der Waals surface area contributed by atoms with Crippen LogP contribution in [-0.4, -0.2) is 41.2 Å². The van der Waals surface area contributed by atoms with Crippen LogP contribution in [-0.2, 0) is 13.0 Å². The lowest BCUT2D eigenvalue weighted by molar-refractivity contribution is 0.288. The van der Waals surface area contributed by atoms with Gasteiger partial charge in [-0.1, -0.05) is 6.07 Å². The molecule has 4 aromatic heterocycles. The Morgan fingerprint density at radius 1 is 1.15 bits per heavy atom. The molecule has 0 fully saturated rings. The van der Waals surface area contributed by atoms with Gasteiger partial charge in [0.15, 0.2) is 0 Å². The van der Waals surface area contributed by atoms with Crippen molar-refractivity contribution in [1.82, 2.24) is 29.5 Å². The van der Waals surface area contributed by atoms with Gasteiger partial charge in [-0.15, -0.1) is 0 Å². The van der Waals surface area contributed by atoms with Crippen LogP contribution in [0, 0.1) is 6.92 Å². The number of pyridine rings is 2. The van der Waals surface area contributed by atoms with Crippen molar-refractivity contribution in [3.63, 3.8) is 0 Å². The standard InChI is InChI=1S/C25H25N7O2/c1-16-12-19(32-10-9-26-15-32)13-21-23(16)31-24(30-21)22-20(7-8-27-25(22)34)28-14-18-5-2-4-17(29-18)6-3-11-33/h2,4-5,7-10,12-13,15,33H,3,6,11,14H2,1H3,(H,30,31)(H2,27,28,34). The first kappa shape index (κ1) is 21.6. The average Bonchev–Trinajstić information content (AvgIpc) is 3.52. The molecule has 0 aliphatic rings. The summed E-state index contributed by atoms with van der Waals surface area (Å²) >= 11 is 0. The van der Waals surface area contributed by atoms with Crippen LogP contribution in [0.4, 0.5) is 5.69 Å². The third kappa shape index (κ3) is 4.33. The maximum absolute atomic E-state index is 12.8. The largest absolute Gasteiger partial charge is 0.396 e. The minimum Gasteiger partial charge on any atom is -0.396 e. The van der Waals surface area contributed by atoms with E-state index in [0.717, 1.165) is 40.1 Å². The molecule has 0 saturated carbocycles. The van der Waals surface area contributed by atoms with Crippen LogP contribution in [0.1, 0.15) is 23.4 Å². The zero-order chi connectivity index (χ0) is 23.5. The number of nitrogens with one attached hydrogen (secondary N) is 3. The van der Waals surface area contributed by atoms with Gasteiger partial charge in [0.05, 0.1) is 35.3 Å². The van der Waals surface area contributed by atoms with Crippen LogP contribution in [0.15, 0.2) is 66.1 Å². The van der Waals surface area contributed by atoms with E-state index in [2.05, 4.69) is 25.3 Å². The molecule has 0 amide bonds. The first-order valence-corrected chi connectivity index (χ1v) is 11.1. The Bertz CT molecular complexity index is 1490. The van der Waals surface area contributed by atoms with Gasteiger partial charge in [0, 0.05) is 36.6 Å². The molecule has 0 aliphatic carbocycles. The van der Waals surface area contributed by atoms with Crippen molar-refractivity contribution in [2.45, 2.75) is 26.3 Å². The van der Waals surface area contributed by atoms with Gasteiger partial charge in [-0.3, -0.25) is 9.78 Å². The van der Waals surface area contributed by atoms with Crippen molar-refractivity contribution in [2.24, 2.45) is 0 Å². The number of imidazole rings is 2. The SMILES string of the molecule is Cc1cc(-n2ccnc2)cc2[nH]c(-c3c(NCc4cccc(CCCO)n4)cc[nH]c3=O)nc12. The molecule has 0 bridgehead atoms. The number of benzene rings is 1. The fourth-order valence-electron chi connectivity index (χ4n) is 4.02. The molecule has 0 unspecified atom stereocenters. The van der Waals surface area contributed by atoms with E-state index in [1.807, 2.05) is 54.1 Å². The van der Waals surface area contributed by atoms with Crippen LogP contribution in [0.2, 0.25) is 0 Å². The number of hydrogen-bond donors (Lipinski definition) is 4. The van der Waals surface area contributed by atoms with Gasteiger partial charge in [-0.05, 0) is 55.7 Å². The minimum absolute atomic E-state index is 0.140. The molecule has 9 nitrogen and oxygen atoms in total. The number of aliphatic hydroxyl groups excluding tert-OH is 1. The molecule has 9 heteroatoms. The maximum Gasteiger partial charge on any atom is 0.261 e.